The minimum atomic E-state index is -0.140. The normalized spacial score (nSPS) is 17.8. The number of nitrogens with one attached hydrogen (secondary N) is 1. The Hall–Kier alpha value is -2.57. The molecule has 4 amide bonds. The van der Waals surface area contributed by atoms with E-state index in [-0.39, 0.29) is 17.8 Å². The quantitative estimate of drug-likeness (QED) is 0.879. The summed E-state index contributed by atoms with van der Waals surface area (Å²) in [6.45, 7) is 5.38. The van der Waals surface area contributed by atoms with Gasteiger partial charge in [0.15, 0.2) is 0 Å². The fraction of sp³-hybridized carbons (Fsp3) is 0.526. The standard InChI is InChI=1S/C19H26N4O3/c1-15(24)20-17-7-5-16(6-8-17)18(25)21-11-13-23(14-12-21)19(26)22-9-3-2-4-10-22/h5-8H,2-4,9-14H2,1H3,(H,20,24). The Kier molecular flexibility index (Phi) is 5.75. The highest BCUT2D eigenvalue weighted by atomic mass is 16.2. The largest absolute Gasteiger partial charge is 0.335 e. The average Bonchev–Trinajstić information content (AvgIpc) is 2.68. The maximum atomic E-state index is 12.6. The van der Waals surface area contributed by atoms with E-state index in [1.54, 1.807) is 29.2 Å². The number of urea groups is 1. The van der Waals surface area contributed by atoms with Crippen LogP contribution in [0.15, 0.2) is 24.3 Å². The van der Waals surface area contributed by atoms with Gasteiger partial charge in [0.25, 0.3) is 5.91 Å². The summed E-state index contributed by atoms with van der Waals surface area (Å²) in [5.41, 5.74) is 1.26. The van der Waals surface area contributed by atoms with Gasteiger partial charge in [-0.2, -0.15) is 0 Å². The van der Waals surface area contributed by atoms with Crippen molar-refractivity contribution < 1.29 is 14.4 Å². The van der Waals surface area contributed by atoms with Gasteiger partial charge in [-0.25, -0.2) is 4.79 Å². The van der Waals surface area contributed by atoms with E-state index in [4.69, 9.17) is 0 Å². The van der Waals surface area contributed by atoms with Crippen LogP contribution in [0.4, 0.5) is 10.5 Å². The Morgan fingerprint density at radius 3 is 1.88 bits per heavy atom. The number of anilines is 1. The van der Waals surface area contributed by atoms with Crippen molar-refractivity contribution in [2.75, 3.05) is 44.6 Å². The topological polar surface area (TPSA) is 73.0 Å². The molecule has 26 heavy (non-hydrogen) atoms. The van der Waals surface area contributed by atoms with Crippen LogP contribution in [0.1, 0.15) is 36.5 Å². The van der Waals surface area contributed by atoms with Crippen LogP contribution in [0.5, 0.6) is 0 Å². The van der Waals surface area contributed by atoms with E-state index in [2.05, 4.69) is 5.32 Å². The number of nitrogens with zero attached hydrogens (tertiary/aromatic N) is 3. The van der Waals surface area contributed by atoms with Crippen molar-refractivity contribution in [2.45, 2.75) is 26.2 Å². The molecule has 1 N–H and O–H groups in total. The molecule has 2 aliphatic heterocycles. The Morgan fingerprint density at radius 2 is 1.31 bits per heavy atom. The van der Waals surface area contributed by atoms with E-state index in [0.717, 1.165) is 25.9 Å². The highest BCUT2D eigenvalue weighted by molar-refractivity contribution is 5.95. The summed E-state index contributed by atoms with van der Waals surface area (Å²) >= 11 is 0. The summed E-state index contributed by atoms with van der Waals surface area (Å²) in [6.07, 6.45) is 3.37. The monoisotopic (exact) mass is 358 g/mol. The van der Waals surface area contributed by atoms with Gasteiger partial charge in [-0.05, 0) is 43.5 Å². The fourth-order valence-corrected chi connectivity index (χ4v) is 3.47. The van der Waals surface area contributed by atoms with Crippen LogP contribution in [-0.2, 0) is 4.79 Å². The molecule has 140 valence electrons. The van der Waals surface area contributed by atoms with Crippen LogP contribution in [-0.4, -0.2) is 71.8 Å². The van der Waals surface area contributed by atoms with Crippen molar-refractivity contribution in [2.24, 2.45) is 0 Å². The highest BCUT2D eigenvalue weighted by Gasteiger charge is 2.28. The van der Waals surface area contributed by atoms with Crippen molar-refractivity contribution in [1.29, 1.82) is 0 Å². The number of benzene rings is 1. The summed E-state index contributed by atoms with van der Waals surface area (Å²) in [6, 6.07) is 7.00. The second-order valence-electron chi connectivity index (χ2n) is 6.87. The van der Waals surface area contributed by atoms with Gasteiger partial charge >= 0.3 is 6.03 Å². The Balaban J connectivity index is 1.53. The summed E-state index contributed by atoms with van der Waals surface area (Å²) in [4.78, 5) is 41.8. The van der Waals surface area contributed by atoms with Gasteiger partial charge in [0.2, 0.25) is 5.91 Å². The van der Waals surface area contributed by atoms with Crippen LogP contribution in [0.25, 0.3) is 0 Å². The minimum absolute atomic E-state index is 0.0375. The first-order chi connectivity index (χ1) is 12.5. The summed E-state index contributed by atoms with van der Waals surface area (Å²) in [5, 5.41) is 2.69. The molecule has 2 fully saturated rings. The second-order valence-corrected chi connectivity index (χ2v) is 6.87. The maximum absolute atomic E-state index is 12.6. The Morgan fingerprint density at radius 1 is 0.769 bits per heavy atom. The SMILES string of the molecule is CC(=O)Nc1ccc(C(=O)N2CCN(C(=O)N3CCCCC3)CC2)cc1. The van der Waals surface area contributed by atoms with E-state index in [1.165, 1.54) is 13.3 Å². The minimum Gasteiger partial charge on any atom is -0.335 e. The molecular weight excluding hydrogens is 332 g/mol. The van der Waals surface area contributed by atoms with Crippen LogP contribution in [0.3, 0.4) is 0 Å². The third-order valence-electron chi connectivity index (χ3n) is 4.92. The number of carbonyl (C=O) groups excluding carboxylic acids is 3. The van der Waals surface area contributed by atoms with Crippen molar-refractivity contribution >= 4 is 23.5 Å². The van der Waals surface area contributed by atoms with E-state index >= 15 is 0 Å². The first kappa shape index (κ1) is 18.2. The number of amides is 4. The molecule has 1 aromatic carbocycles. The molecule has 0 aromatic heterocycles. The van der Waals surface area contributed by atoms with Gasteiger partial charge < -0.3 is 20.0 Å². The summed E-state index contributed by atoms with van der Waals surface area (Å²) in [7, 11) is 0. The van der Waals surface area contributed by atoms with Crippen LogP contribution in [0, 0.1) is 0 Å². The fourth-order valence-electron chi connectivity index (χ4n) is 3.47. The molecule has 7 nitrogen and oxygen atoms in total. The molecule has 0 spiro atoms. The second kappa shape index (κ2) is 8.21. The molecule has 1 aromatic rings. The third kappa shape index (κ3) is 4.33. The highest BCUT2D eigenvalue weighted by Crippen LogP contribution is 2.15. The number of likely N-dealkylation sites (tertiary alicyclic amines) is 1. The lowest BCUT2D eigenvalue weighted by Crippen LogP contribution is -2.54. The molecular formula is C19H26N4O3. The number of rotatable bonds is 2. The number of carbonyl (C=O) groups is 3. The molecule has 0 radical (unpaired) electrons. The average molecular weight is 358 g/mol. The van der Waals surface area contributed by atoms with E-state index in [1.807, 2.05) is 9.80 Å². The van der Waals surface area contributed by atoms with Gasteiger partial charge in [-0.15, -0.1) is 0 Å². The zero-order valence-electron chi connectivity index (χ0n) is 15.2. The molecule has 0 aliphatic carbocycles. The lowest BCUT2D eigenvalue weighted by Gasteiger charge is -2.38. The molecule has 0 atom stereocenters. The van der Waals surface area contributed by atoms with E-state index < -0.39 is 0 Å². The molecule has 2 saturated heterocycles. The maximum Gasteiger partial charge on any atom is 0.320 e. The molecule has 7 heteroatoms. The van der Waals surface area contributed by atoms with E-state index in [9.17, 15) is 14.4 Å². The molecule has 0 saturated carbocycles. The van der Waals surface area contributed by atoms with Crippen LogP contribution < -0.4 is 5.32 Å². The Labute approximate surface area is 153 Å². The van der Waals surface area contributed by atoms with Crippen molar-refractivity contribution in [3.05, 3.63) is 29.8 Å². The predicted molar refractivity (Wildman–Crippen MR) is 99.0 cm³/mol. The van der Waals surface area contributed by atoms with E-state index in [0.29, 0.717) is 37.4 Å². The lowest BCUT2D eigenvalue weighted by molar-refractivity contribution is -0.114. The number of piperidine rings is 1. The molecule has 0 unspecified atom stereocenters. The molecule has 2 aliphatic rings. The molecule has 3 rings (SSSR count). The number of piperazine rings is 1. The zero-order chi connectivity index (χ0) is 18.5. The van der Waals surface area contributed by atoms with Crippen LogP contribution in [0.2, 0.25) is 0 Å². The van der Waals surface area contributed by atoms with Crippen molar-refractivity contribution in [1.82, 2.24) is 14.7 Å². The summed E-state index contributed by atoms with van der Waals surface area (Å²) < 4.78 is 0. The number of hydrogen-bond donors (Lipinski definition) is 1. The van der Waals surface area contributed by atoms with Gasteiger partial charge in [-0.3, -0.25) is 9.59 Å². The van der Waals surface area contributed by atoms with Gasteiger partial charge in [0.05, 0.1) is 0 Å². The first-order valence-electron chi connectivity index (χ1n) is 9.25. The predicted octanol–water partition coefficient (Wildman–Crippen LogP) is 2.01. The third-order valence-corrected chi connectivity index (χ3v) is 4.92. The Bertz CT molecular complexity index is 660. The lowest BCUT2D eigenvalue weighted by atomic mass is 10.1. The molecule has 0 bridgehead atoms. The van der Waals surface area contributed by atoms with Gasteiger partial charge in [0.1, 0.15) is 0 Å². The van der Waals surface area contributed by atoms with Crippen molar-refractivity contribution in [3.63, 3.8) is 0 Å². The summed E-state index contributed by atoms with van der Waals surface area (Å²) in [5.74, 6) is -0.178. The van der Waals surface area contributed by atoms with Crippen molar-refractivity contribution in [3.8, 4) is 0 Å². The van der Waals surface area contributed by atoms with Gasteiger partial charge in [0, 0.05) is 57.4 Å². The van der Waals surface area contributed by atoms with Crippen LogP contribution >= 0.6 is 0 Å². The van der Waals surface area contributed by atoms with Gasteiger partial charge in [-0.1, -0.05) is 0 Å². The smallest absolute Gasteiger partial charge is 0.320 e. The molecule has 2 heterocycles. The number of hydrogen-bond acceptors (Lipinski definition) is 3. The zero-order valence-corrected chi connectivity index (χ0v) is 15.2. The first-order valence-corrected chi connectivity index (χ1v) is 9.25.